The highest BCUT2D eigenvalue weighted by Crippen LogP contribution is 2.38. The number of aliphatic hydroxyl groups is 3. The maximum Gasteiger partial charge on any atom is 0.471 e. The fourth-order valence-electron chi connectivity index (χ4n) is 6.07. The summed E-state index contributed by atoms with van der Waals surface area (Å²) in [4.78, 5) is 31.1. The summed E-state index contributed by atoms with van der Waals surface area (Å²) in [5, 5.41) is 35.3. The summed E-state index contributed by atoms with van der Waals surface area (Å²) in [5.41, 5.74) is 0.698. The number of carbonyl (C=O) groups excluding carboxylic acids is 1. The van der Waals surface area contributed by atoms with Crippen molar-refractivity contribution >= 4 is 28.8 Å². The number of carbonyl (C=O) groups is 1. The Morgan fingerprint density at radius 2 is 1.93 bits per heavy atom. The van der Waals surface area contributed by atoms with Gasteiger partial charge < -0.3 is 39.9 Å². The van der Waals surface area contributed by atoms with Crippen LogP contribution in [-0.2, 0) is 4.79 Å². The lowest BCUT2D eigenvalue weighted by molar-refractivity contribution is -0.190. The molecule has 4 N–H and O–H groups in total. The van der Waals surface area contributed by atoms with Gasteiger partial charge in [0, 0.05) is 25.7 Å². The summed E-state index contributed by atoms with van der Waals surface area (Å²) >= 11 is 0. The summed E-state index contributed by atoms with van der Waals surface area (Å²) in [7, 11) is 4.01. The number of anilines is 2. The first-order valence-corrected chi connectivity index (χ1v) is 14.5. The summed E-state index contributed by atoms with van der Waals surface area (Å²) in [6.45, 7) is 6.75. The third-order valence-corrected chi connectivity index (χ3v) is 8.25. The van der Waals surface area contributed by atoms with Crippen molar-refractivity contribution in [3.05, 3.63) is 6.33 Å². The average molecular weight is 601 g/mol. The van der Waals surface area contributed by atoms with Crippen molar-refractivity contribution < 1.29 is 33.3 Å². The maximum atomic E-state index is 13.4. The molecule has 12 nitrogen and oxygen atoms in total. The minimum absolute atomic E-state index is 0.128. The Kier molecular flexibility index (Phi) is 9.85. The van der Waals surface area contributed by atoms with Crippen molar-refractivity contribution in [1.29, 1.82) is 0 Å². The van der Waals surface area contributed by atoms with Crippen molar-refractivity contribution in [2.75, 3.05) is 50.6 Å². The Balaban J connectivity index is 1.74. The lowest BCUT2D eigenvalue weighted by Crippen LogP contribution is -2.51. The number of rotatable bonds is 11. The number of hydrogen-bond acceptors (Lipinski definition) is 10. The van der Waals surface area contributed by atoms with Crippen LogP contribution in [0, 0.1) is 5.92 Å². The lowest BCUT2D eigenvalue weighted by atomic mass is 10.0. The Morgan fingerprint density at radius 3 is 2.50 bits per heavy atom. The van der Waals surface area contributed by atoms with E-state index in [4.69, 9.17) is 9.97 Å². The van der Waals surface area contributed by atoms with Gasteiger partial charge in [0.15, 0.2) is 17.0 Å². The molecule has 0 aromatic carbocycles. The van der Waals surface area contributed by atoms with E-state index >= 15 is 0 Å². The van der Waals surface area contributed by atoms with Crippen LogP contribution < -0.4 is 10.2 Å². The third-order valence-electron chi connectivity index (χ3n) is 8.25. The SMILES string of the molecule is CCCN(C(=O)C(F)(F)F)C1C[C@@H](n2cnc3c(N[C@H](CO)CC(C)C)nc(N4CC[C@@H](N(C)C)C4)nc32)[C@H](O)[C@@H]1O. The van der Waals surface area contributed by atoms with Gasteiger partial charge in [0.2, 0.25) is 5.95 Å². The highest BCUT2D eigenvalue weighted by Gasteiger charge is 2.51. The van der Waals surface area contributed by atoms with Gasteiger partial charge in [0.1, 0.15) is 12.2 Å². The molecule has 2 fully saturated rings. The molecule has 2 aromatic rings. The van der Waals surface area contributed by atoms with Gasteiger partial charge in [0.25, 0.3) is 0 Å². The van der Waals surface area contributed by atoms with Crippen LogP contribution in [0.2, 0.25) is 0 Å². The molecule has 1 saturated carbocycles. The van der Waals surface area contributed by atoms with Crippen LogP contribution in [0.5, 0.6) is 0 Å². The molecule has 1 unspecified atom stereocenters. The van der Waals surface area contributed by atoms with Crippen LogP contribution in [0.25, 0.3) is 11.2 Å². The highest BCUT2D eigenvalue weighted by molar-refractivity contribution is 5.85. The fraction of sp³-hybridized carbons (Fsp3) is 0.778. The standard InChI is InChI=1S/C27H43F3N8O4/c1-6-8-37(25(42)27(28,29)30)18-11-19(22(41)21(18)40)38-14-31-20-23(32-16(13-39)10-15(2)3)33-26(34-24(20)38)36-9-7-17(12-36)35(4)5/h14-19,21-22,39-41H,6-13H2,1-5H3,(H,32,33,34)/t16-,17+,18?,19+,21+,22-/m0/s1. The number of nitrogens with zero attached hydrogens (tertiary/aromatic N) is 7. The van der Waals surface area contributed by atoms with Crippen LogP contribution in [0.4, 0.5) is 24.9 Å². The molecule has 236 valence electrons. The van der Waals surface area contributed by atoms with E-state index < -0.39 is 36.4 Å². The zero-order valence-corrected chi connectivity index (χ0v) is 24.8. The molecule has 2 aliphatic rings. The maximum absolute atomic E-state index is 13.4. The van der Waals surface area contributed by atoms with Gasteiger partial charge in [-0.2, -0.15) is 23.1 Å². The number of imidazole rings is 1. The minimum atomic E-state index is -5.11. The third kappa shape index (κ3) is 6.58. The van der Waals surface area contributed by atoms with Crippen LogP contribution in [0.3, 0.4) is 0 Å². The van der Waals surface area contributed by atoms with E-state index in [1.54, 1.807) is 11.5 Å². The molecular formula is C27H43F3N8O4. The summed E-state index contributed by atoms with van der Waals surface area (Å²) in [5.74, 6) is -0.938. The lowest BCUT2D eigenvalue weighted by Gasteiger charge is -2.31. The number of aromatic nitrogens is 4. The minimum Gasteiger partial charge on any atom is -0.394 e. The second kappa shape index (κ2) is 12.9. The number of amides is 1. The van der Waals surface area contributed by atoms with Crippen LogP contribution >= 0.6 is 0 Å². The molecule has 0 radical (unpaired) electrons. The van der Waals surface area contributed by atoms with Crippen molar-refractivity contribution in [3.8, 4) is 0 Å². The average Bonchev–Trinajstić information content (AvgIpc) is 3.64. The Bertz CT molecular complexity index is 1230. The van der Waals surface area contributed by atoms with Gasteiger partial charge in [-0.15, -0.1) is 0 Å². The van der Waals surface area contributed by atoms with Crippen LogP contribution in [0.15, 0.2) is 6.33 Å². The number of halogens is 3. The Labute approximate surface area is 243 Å². The fourth-order valence-corrected chi connectivity index (χ4v) is 6.07. The van der Waals surface area contributed by atoms with Crippen molar-refractivity contribution in [3.63, 3.8) is 0 Å². The van der Waals surface area contributed by atoms with E-state index in [9.17, 15) is 33.3 Å². The Morgan fingerprint density at radius 1 is 1.21 bits per heavy atom. The van der Waals surface area contributed by atoms with Gasteiger partial charge in [0.05, 0.1) is 31.1 Å². The van der Waals surface area contributed by atoms with Gasteiger partial charge in [-0.05, 0) is 45.7 Å². The zero-order valence-electron chi connectivity index (χ0n) is 24.8. The number of fused-ring (bicyclic) bond motifs is 1. The molecule has 2 aromatic heterocycles. The monoisotopic (exact) mass is 600 g/mol. The number of likely N-dealkylation sites (N-methyl/N-ethyl adjacent to an activating group) is 1. The van der Waals surface area contributed by atoms with Gasteiger partial charge in [-0.3, -0.25) is 4.79 Å². The normalized spacial score (nSPS) is 25.6. The van der Waals surface area contributed by atoms with Gasteiger partial charge in [-0.25, -0.2) is 4.98 Å². The van der Waals surface area contributed by atoms with E-state index in [0.717, 1.165) is 6.42 Å². The molecule has 0 bridgehead atoms. The molecule has 15 heteroatoms. The number of alkyl halides is 3. The Hall–Kier alpha value is -2.75. The zero-order chi connectivity index (χ0) is 30.9. The molecule has 4 rings (SSSR count). The largest absolute Gasteiger partial charge is 0.471 e. The molecule has 1 aliphatic carbocycles. The van der Waals surface area contributed by atoms with Gasteiger partial charge in [-0.1, -0.05) is 20.8 Å². The number of nitrogens with one attached hydrogen (secondary N) is 1. The number of aliphatic hydroxyl groups excluding tert-OH is 3. The van der Waals surface area contributed by atoms with E-state index in [1.165, 1.54) is 6.33 Å². The molecule has 1 aliphatic heterocycles. The van der Waals surface area contributed by atoms with Crippen molar-refractivity contribution in [2.45, 2.75) is 89.0 Å². The summed E-state index contributed by atoms with van der Waals surface area (Å²) in [6.07, 6.45) is -5.07. The molecule has 3 heterocycles. The predicted octanol–water partition coefficient (Wildman–Crippen LogP) is 1.62. The first kappa shape index (κ1) is 32.2. The van der Waals surface area contributed by atoms with E-state index in [0.29, 0.717) is 59.3 Å². The van der Waals surface area contributed by atoms with Gasteiger partial charge >= 0.3 is 12.1 Å². The second-order valence-corrected chi connectivity index (χ2v) is 12.0. The molecule has 1 saturated heterocycles. The van der Waals surface area contributed by atoms with Crippen LogP contribution in [-0.4, -0.2) is 127 Å². The van der Waals surface area contributed by atoms with Crippen molar-refractivity contribution in [1.82, 2.24) is 29.3 Å². The molecule has 1 amide bonds. The molecule has 6 atom stereocenters. The molecule has 0 spiro atoms. The van der Waals surface area contributed by atoms with E-state index in [-0.39, 0.29) is 32.0 Å². The first-order chi connectivity index (χ1) is 19.8. The molecule has 42 heavy (non-hydrogen) atoms. The van der Waals surface area contributed by atoms with E-state index in [2.05, 4.69) is 15.2 Å². The smallest absolute Gasteiger partial charge is 0.394 e. The van der Waals surface area contributed by atoms with Crippen LogP contribution in [0.1, 0.15) is 52.5 Å². The molecular weight excluding hydrogens is 557 g/mol. The summed E-state index contributed by atoms with van der Waals surface area (Å²) in [6, 6.07) is -2.17. The number of hydrogen-bond donors (Lipinski definition) is 4. The topological polar surface area (TPSA) is 143 Å². The van der Waals surface area contributed by atoms with E-state index in [1.807, 2.05) is 32.8 Å². The quantitative estimate of drug-likeness (QED) is 0.301. The first-order valence-electron chi connectivity index (χ1n) is 14.5. The second-order valence-electron chi connectivity index (χ2n) is 12.0. The summed E-state index contributed by atoms with van der Waals surface area (Å²) < 4.78 is 41.8. The van der Waals surface area contributed by atoms with Crippen molar-refractivity contribution in [2.24, 2.45) is 5.92 Å². The highest BCUT2D eigenvalue weighted by atomic mass is 19.4. The predicted molar refractivity (Wildman–Crippen MR) is 151 cm³/mol.